The van der Waals surface area contributed by atoms with Gasteiger partial charge < -0.3 is 19.8 Å². The number of carbonyl (C=O) groups is 2. The topological polar surface area (TPSA) is 87.2 Å². The summed E-state index contributed by atoms with van der Waals surface area (Å²) in [7, 11) is 1.66. The Kier molecular flexibility index (Phi) is 5.09. The molecule has 0 bridgehead atoms. The molecule has 2 aliphatic rings. The fraction of sp³-hybridized carbons (Fsp3) is 0.348. The molecular weight excluding hydrogens is 412 g/mol. The Morgan fingerprint density at radius 1 is 1.26 bits per heavy atom. The molecule has 4 heterocycles. The van der Waals surface area contributed by atoms with Crippen LogP contribution in [0, 0.1) is 0 Å². The van der Waals surface area contributed by atoms with E-state index >= 15 is 0 Å². The van der Waals surface area contributed by atoms with Crippen LogP contribution in [0.1, 0.15) is 38.3 Å². The minimum absolute atomic E-state index is 0.0509. The molecule has 0 aliphatic carbocycles. The van der Waals surface area contributed by atoms with Crippen molar-refractivity contribution in [2.24, 2.45) is 7.05 Å². The number of hydrogen-bond acceptors (Lipinski definition) is 4. The first-order valence-electron chi connectivity index (χ1n) is 10.5. The number of rotatable bonds is 3. The lowest BCUT2D eigenvalue weighted by Gasteiger charge is -2.30. The van der Waals surface area contributed by atoms with Crippen LogP contribution in [0.15, 0.2) is 41.5 Å². The van der Waals surface area contributed by atoms with E-state index in [-0.39, 0.29) is 29.0 Å². The SMILES string of the molecule is Cn1cc2c(c(C(=O)NC3CCSC3)c1=O)CCN(C(=O)c1ccc3cc[nH]c3c1)C2. The van der Waals surface area contributed by atoms with Crippen molar-refractivity contribution >= 4 is 34.5 Å². The van der Waals surface area contributed by atoms with Gasteiger partial charge in [-0.15, -0.1) is 0 Å². The summed E-state index contributed by atoms with van der Waals surface area (Å²) in [6.45, 7) is 0.853. The molecule has 2 amide bonds. The van der Waals surface area contributed by atoms with Crippen LogP contribution < -0.4 is 10.9 Å². The minimum Gasteiger partial charge on any atom is -0.361 e. The van der Waals surface area contributed by atoms with Gasteiger partial charge in [0.25, 0.3) is 17.4 Å². The predicted octanol–water partition coefficient (Wildman–Crippen LogP) is 2.30. The second-order valence-corrected chi connectivity index (χ2v) is 9.36. The van der Waals surface area contributed by atoms with Crippen molar-refractivity contribution in [1.29, 1.82) is 0 Å². The van der Waals surface area contributed by atoms with Crippen LogP contribution in [0.4, 0.5) is 0 Å². The van der Waals surface area contributed by atoms with Crippen LogP contribution in [0.5, 0.6) is 0 Å². The molecule has 1 saturated heterocycles. The molecule has 3 aromatic rings. The highest BCUT2D eigenvalue weighted by molar-refractivity contribution is 7.99. The summed E-state index contributed by atoms with van der Waals surface area (Å²) < 4.78 is 1.45. The van der Waals surface area contributed by atoms with Crippen molar-refractivity contribution in [1.82, 2.24) is 19.8 Å². The van der Waals surface area contributed by atoms with Gasteiger partial charge in [0.2, 0.25) is 0 Å². The highest BCUT2D eigenvalue weighted by Crippen LogP contribution is 2.24. The number of pyridine rings is 1. The monoisotopic (exact) mass is 436 g/mol. The number of aromatic nitrogens is 2. The number of aryl methyl sites for hydroxylation is 1. The molecule has 7 nitrogen and oxygen atoms in total. The third-order valence-corrected chi connectivity index (χ3v) is 7.31. The molecule has 2 aliphatic heterocycles. The molecule has 0 spiro atoms. The van der Waals surface area contributed by atoms with Crippen molar-refractivity contribution in [3.05, 3.63) is 69.3 Å². The minimum atomic E-state index is -0.290. The molecule has 2 N–H and O–H groups in total. The zero-order valence-corrected chi connectivity index (χ0v) is 18.1. The van der Waals surface area contributed by atoms with E-state index in [0.717, 1.165) is 40.0 Å². The molecule has 1 atom stereocenters. The van der Waals surface area contributed by atoms with Crippen molar-refractivity contribution in [3.8, 4) is 0 Å². The van der Waals surface area contributed by atoms with Crippen molar-refractivity contribution in [2.45, 2.75) is 25.4 Å². The molecule has 160 valence electrons. The Bertz CT molecular complexity index is 1240. The lowest BCUT2D eigenvalue weighted by atomic mass is 9.95. The summed E-state index contributed by atoms with van der Waals surface area (Å²) in [6.07, 6.45) is 5.03. The average Bonchev–Trinajstić information content (AvgIpc) is 3.45. The van der Waals surface area contributed by atoms with Gasteiger partial charge in [-0.2, -0.15) is 11.8 Å². The fourth-order valence-electron chi connectivity index (χ4n) is 4.47. The van der Waals surface area contributed by atoms with E-state index in [1.807, 2.05) is 42.2 Å². The summed E-state index contributed by atoms with van der Waals surface area (Å²) in [5.74, 6) is 1.57. The van der Waals surface area contributed by atoms with Gasteiger partial charge in [-0.25, -0.2) is 0 Å². The van der Waals surface area contributed by atoms with Crippen molar-refractivity contribution < 1.29 is 9.59 Å². The molecular formula is C23H24N4O3S. The second-order valence-electron chi connectivity index (χ2n) is 8.21. The number of benzene rings is 1. The standard InChI is InChI=1S/C23H24N4O3S/c1-26-11-16-12-27(22(29)15-3-2-14-4-7-24-19(14)10-15)8-5-18(16)20(23(26)30)21(28)25-17-6-9-31-13-17/h2-4,7,10-11,17,24H,5-6,8-9,12-13H2,1H3,(H,25,28). The van der Waals surface area contributed by atoms with E-state index in [4.69, 9.17) is 0 Å². The number of nitrogens with one attached hydrogen (secondary N) is 2. The average molecular weight is 437 g/mol. The summed E-state index contributed by atoms with van der Waals surface area (Å²) in [6, 6.07) is 7.73. The van der Waals surface area contributed by atoms with Crippen LogP contribution in [-0.4, -0.2) is 50.4 Å². The van der Waals surface area contributed by atoms with Crippen LogP contribution in [0.3, 0.4) is 0 Å². The largest absolute Gasteiger partial charge is 0.361 e. The smallest absolute Gasteiger partial charge is 0.263 e. The highest BCUT2D eigenvalue weighted by Gasteiger charge is 2.29. The van der Waals surface area contributed by atoms with Crippen molar-refractivity contribution in [3.63, 3.8) is 0 Å². The number of nitrogens with zero attached hydrogens (tertiary/aromatic N) is 2. The van der Waals surface area contributed by atoms with Gasteiger partial charge in [-0.3, -0.25) is 14.4 Å². The predicted molar refractivity (Wildman–Crippen MR) is 122 cm³/mol. The number of amides is 2. The zero-order chi connectivity index (χ0) is 21.5. The Morgan fingerprint density at radius 2 is 2.13 bits per heavy atom. The summed E-state index contributed by atoms with van der Waals surface area (Å²) in [4.78, 5) is 43.8. The van der Waals surface area contributed by atoms with E-state index in [1.54, 1.807) is 18.1 Å². The molecule has 1 aromatic carbocycles. The fourth-order valence-corrected chi connectivity index (χ4v) is 5.62. The van der Waals surface area contributed by atoms with E-state index in [2.05, 4.69) is 10.3 Å². The summed E-state index contributed by atoms with van der Waals surface area (Å²) in [5.41, 5.74) is 3.13. The van der Waals surface area contributed by atoms with Gasteiger partial charge in [0.15, 0.2) is 0 Å². The molecule has 5 rings (SSSR count). The molecule has 31 heavy (non-hydrogen) atoms. The normalized spacial score (nSPS) is 18.2. The summed E-state index contributed by atoms with van der Waals surface area (Å²) in [5, 5.41) is 4.09. The number of fused-ring (bicyclic) bond motifs is 2. The maximum atomic E-state index is 13.1. The van der Waals surface area contributed by atoms with Gasteiger partial charge in [0.05, 0.1) is 0 Å². The van der Waals surface area contributed by atoms with Gasteiger partial charge in [-0.1, -0.05) is 6.07 Å². The van der Waals surface area contributed by atoms with E-state index < -0.39 is 0 Å². The molecule has 1 fully saturated rings. The van der Waals surface area contributed by atoms with E-state index in [1.165, 1.54) is 4.57 Å². The van der Waals surface area contributed by atoms with Gasteiger partial charge in [0, 0.05) is 55.4 Å². The van der Waals surface area contributed by atoms with Crippen LogP contribution in [-0.2, 0) is 20.0 Å². The Labute approximate surface area is 183 Å². The van der Waals surface area contributed by atoms with Gasteiger partial charge in [-0.05, 0) is 53.3 Å². The summed E-state index contributed by atoms with van der Waals surface area (Å²) >= 11 is 1.81. The number of aromatic amines is 1. The molecule has 2 aromatic heterocycles. The Morgan fingerprint density at radius 3 is 2.94 bits per heavy atom. The maximum absolute atomic E-state index is 13.1. The third-order valence-electron chi connectivity index (χ3n) is 6.15. The maximum Gasteiger partial charge on any atom is 0.263 e. The Balaban J connectivity index is 1.42. The zero-order valence-electron chi connectivity index (χ0n) is 17.3. The van der Waals surface area contributed by atoms with Crippen LogP contribution in [0.2, 0.25) is 0 Å². The van der Waals surface area contributed by atoms with Crippen molar-refractivity contribution in [2.75, 3.05) is 18.1 Å². The van der Waals surface area contributed by atoms with E-state index in [9.17, 15) is 14.4 Å². The first kappa shape index (κ1) is 19.9. The van der Waals surface area contributed by atoms with Crippen LogP contribution >= 0.6 is 11.8 Å². The first-order chi connectivity index (χ1) is 15.0. The third kappa shape index (κ3) is 3.65. The first-order valence-corrected chi connectivity index (χ1v) is 11.6. The van der Waals surface area contributed by atoms with E-state index in [0.29, 0.717) is 25.1 Å². The number of thioether (sulfide) groups is 1. The lowest BCUT2D eigenvalue weighted by molar-refractivity contribution is 0.0734. The second kappa shape index (κ2) is 7.92. The molecule has 0 radical (unpaired) electrons. The lowest BCUT2D eigenvalue weighted by Crippen LogP contribution is -2.43. The number of H-pyrrole nitrogens is 1. The quantitative estimate of drug-likeness (QED) is 0.660. The Hall–Kier alpha value is -3.00. The van der Waals surface area contributed by atoms with Gasteiger partial charge in [0.1, 0.15) is 5.56 Å². The molecule has 8 heteroatoms. The number of carbonyl (C=O) groups excluding carboxylic acids is 2. The van der Waals surface area contributed by atoms with Gasteiger partial charge >= 0.3 is 0 Å². The molecule has 1 unspecified atom stereocenters. The highest BCUT2D eigenvalue weighted by atomic mass is 32.2. The molecule has 0 saturated carbocycles. The number of hydrogen-bond donors (Lipinski definition) is 2. The van der Waals surface area contributed by atoms with Crippen LogP contribution in [0.25, 0.3) is 10.9 Å².